The van der Waals surface area contributed by atoms with Gasteiger partial charge in [-0.3, -0.25) is 0 Å². The zero-order valence-corrected chi connectivity index (χ0v) is 18.7. The predicted molar refractivity (Wildman–Crippen MR) is 126 cm³/mol. The molecule has 0 bridgehead atoms. The number of halogens is 3. The lowest BCUT2D eigenvalue weighted by Gasteiger charge is -2.11. The van der Waals surface area contributed by atoms with Crippen LogP contribution in [0.4, 0.5) is 13.2 Å². The second-order valence-electron chi connectivity index (χ2n) is 7.95. The topological polar surface area (TPSA) is 78.9 Å². The van der Waals surface area contributed by atoms with Gasteiger partial charge in [-0.2, -0.15) is 13.2 Å². The number of hydrogen-bond acceptors (Lipinski definition) is 6. The van der Waals surface area contributed by atoms with E-state index < -0.39 is 23.0 Å². The molecule has 0 saturated heterocycles. The van der Waals surface area contributed by atoms with E-state index in [2.05, 4.69) is 0 Å². The molecule has 0 saturated carbocycles. The molecule has 5 rings (SSSR count). The lowest BCUT2D eigenvalue weighted by atomic mass is 10.0. The minimum absolute atomic E-state index is 0.130. The Balaban J connectivity index is 1.52. The summed E-state index contributed by atoms with van der Waals surface area (Å²) in [5.74, 6) is 0.673. The van der Waals surface area contributed by atoms with Crippen LogP contribution in [0, 0.1) is 0 Å². The number of rotatable bonds is 5. The minimum atomic E-state index is -4.46. The van der Waals surface area contributed by atoms with Crippen molar-refractivity contribution in [2.75, 3.05) is 7.11 Å². The van der Waals surface area contributed by atoms with E-state index in [-0.39, 0.29) is 29.1 Å². The molecule has 2 aromatic heterocycles. The number of benzene rings is 3. The fraction of sp³-hybridized carbons (Fsp3) is 0.111. The maximum absolute atomic E-state index is 13.0. The lowest BCUT2D eigenvalue weighted by molar-refractivity contribution is -0.137. The Morgan fingerprint density at radius 1 is 0.861 bits per heavy atom. The Kier molecular flexibility index (Phi) is 5.75. The highest BCUT2D eigenvalue weighted by molar-refractivity contribution is 5.96. The van der Waals surface area contributed by atoms with Gasteiger partial charge in [0.1, 0.15) is 17.9 Å². The molecule has 3 aromatic carbocycles. The van der Waals surface area contributed by atoms with Crippen molar-refractivity contribution in [1.29, 1.82) is 0 Å². The Bertz CT molecular complexity index is 1720. The summed E-state index contributed by atoms with van der Waals surface area (Å²) in [6, 6.07) is 17.4. The number of fused-ring (bicyclic) bond motifs is 2. The Morgan fingerprint density at radius 2 is 1.67 bits per heavy atom. The van der Waals surface area contributed by atoms with Crippen LogP contribution in [0.15, 0.2) is 91.2 Å². The van der Waals surface area contributed by atoms with Crippen molar-refractivity contribution in [2.24, 2.45) is 0 Å². The molecule has 0 unspecified atom stereocenters. The average Bonchev–Trinajstić information content (AvgIpc) is 2.85. The summed E-state index contributed by atoms with van der Waals surface area (Å²) >= 11 is 0. The van der Waals surface area contributed by atoms with Gasteiger partial charge in [0.2, 0.25) is 0 Å². The SMILES string of the molecule is COc1cccc2cc(-c3cc(=O)oc4cc(OCc5cccc(C(F)(F)F)c5)ccc34)c(=O)oc12. The van der Waals surface area contributed by atoms with Gasteiger partial charge in [0, 0.05) is 28.5 Å². The molecule has 182 valence electrons. The molecule has 0 fully saturated rings. The zero-order valence-electron chi connectivity index (χ0n) is 18.7. The Hall–Kier alpha value is -4.53. The number of para-hydroxylation sites is 1. The summed E-state index contributed by atoms with van der Waals surface area (Å²) in [6.07, 6.45) is -4.46. The second kappa shape index (κ2) is 8.92. The van der Waals surface area contributed by atoms with Crippen LogP contribution in [0.25, 0.3) is 33.1 Å². The van der Waals surface area contributed by atoms with Crippen molar-refractivity contribution in [1.82, 2.24) is 0 Å². The number of methoxy groups -OCH3 is 1. The van der Waals surface area contributed by atoms with Crippen LogP contribution in [0.3, 0.4) is 0 Å². The lowest BCUT2D eigenvalue weighted by Crippen LogP contribution is -2.07. The second-order valence-corrected chi connectivity index (χ2v) is 7.95. The first-order valence-electron chi connectivity index (χ1n) is 10.7. The average molecular weight is 494 g/mol. The van der Waals surface area contributed by atoms with Crippen molar-refractivity contribution in [3.63, 3.8) is 0 Å². The molecule has 0 aliphatic heterocycles. The largest absolute Gasteiger partial charge is 0.493 e. The third-order valence-electron chi connectivity index (χ3n) is 5.61. The van der Waals surface area contributed by atoms with E-state index in [1.807, 2.05) is 0 Å². The standard InChI is InChI=1S/C27H17F3O6/c1-33-22-7-3-5-16-11-21(26(32)36-25(16)22)20-13-24(31)35-23-12-18(8-9-19(20)23)34-14-15-4-2-6-17(10-15)27(28,29)30/h2-13H,14H2,1H3. The summed E-state index contributed by atoms with van der Waals surface area (Å²) in [5.41, 5.74) is -0.915. The van der Waals surface area contributed by atoms with Crippen LogP contribution in [0.2, 0.25) is 0 Å². The van der Waals surface area contributed by atoms with E-state index in [0.717, 1.165) is 12.1 Å². The summed E-state index contributed by atoms with van der Waals surface area (Å²) in [4.78, 5) is 25.1. The molecule has 2 heterocycles. The van der Waals surface area contributed by atoms with Crippen molar-refractivity contribution in [3.05, 3.63) is 105 Å². The summed E-state index contributed by atoms with van der Waals surface area (Å²) < 4.78 is 60.5. The first-order valence-corrected chi connectivity index (χ1v) is 10.7. The molecule has 0 amide bonds. The van der Waals surface area contributed by atoms with E-state index in [9.17, 15) is 22.8 Å². The van der Waals surface area contributed by atoms with E-state index in [1.165, 1.54) is 31.4 Å². The highest BCUT2D eigenvalue weighted by atomic mass is 19.4. The third-order valence-corrected chi connectivity index (χ3v) is 5.61. The van der Waals surface area contributed by atoms with Crippen LogP contribution >= 0.6 is 0 Å². The molecular weight excluding hydrogens is 477 g/mol. The quantitative estimate of drug-likeness (QED) is 0.272. The van der Waals surface area contributed by atoms with E-state index >= 15 is 0 Å². The molecule has 6 nitrogen and oxygen atoms in total. The maximum atomic E-state index is 13.0. The predicted octanol–water partition coefficient (Wildman–Crippen LogP) is 6.17. The minimum Gasteiger partial charge on any atom is -0.493 e. The van der Waals surface area contributed by atoms with E-state index in [1.54, 1.807) is 36.4 Å². The number of alkyl halides is 3. The van der Waals surface area contributed by atoms with E-state index in [4.69, 9.17) is 18.3 Å². The van der Waals surface area contributed by atoms with Crippen LogP contribution in [0.5, 0.6) is 11.5 Å². The van der Waals surface area contributed by atoms with Gasteiger partial charge in [-0.05, 0) is 42.0 Å². The molecule has 0 radical (unpaired) electrons. The molecule has 0 atom stereocenters. The smallest absolute Gasteiger partial charge is 0.416 e. The first-order chi connectivity index (χ1) is 17.2. The Morgan fingerprint density at radius 3 is 2.44 bits per heavy atom. The first kappa shape index (κ1) is 23.2. The molecule has 0 spiro atoms. The molecule has 5 aromatic rings. The van der Waals surface area contributed by atoms with Crippen molar-refractivity contribution in [2.45, 2.75) is 12.8 Å². The van der Waals surface area contributed by atoms with E-state index in [0.29, 0.717) is 27.6 Å². The monoisotopic (exact) mass is 494 g/mol. The molecule has 0 aliphatic rings. The highest BCUT2D eigenvalue weighted by Gasteiger charge is 2.30. The number of ether oxygens (including phenoxy) is 2. The van der Waals surface area contributed by atoms with Gasteiger partial charge in [0.25, 0.3) is 0 Å². The van der Waals surface area contributed by atoms with Gasteiger partial charge in [0.15, 0.2) is 11.3 Å². The molecule has 0 N–H and O–H groups in total. The third kappa shape index (κ3) is 4.43. The fourth-order valence-electron chi connectivity index (χ4n) is 3.93. The van der Waals surface area contributed by atoms with Crippen LogP contribution in [-0.2, 0) is 12.8 Å². The summed E-state index contributed by atoms with van der Waals surface area (Å²) in [5, 5.41) is 1.06. The molecule has 9 heteroatoms. The summed E-state index contributed by atoms with van der Waals surface area (Å²) in [6.45, 7) is -0.130. The van der Waals surface area contributed by atoms with Gasteiger partial charge in [0.05, 0.1) is 18.2 Å². The normalized spacial score (nSPS) is 11.7. The van der Waals surface area contributed by atoms with Gasteiger partial charge in [-0.25, -0.2) is 9.59 Å². The van der Waals surface area contributed by atoms with Gasteiger partial charge < -0.3 is 18.3 Å². The van der Waals surface area contributed by atoms with Gasteiger partial charge >= 0.3 is 17.4 Å². The molecular formula is C27H17F3O6. The van der Waals surface area contributed by atoms with Crippen molar-refractivity contribution < 1.29 is 31.5 Å². The highest BCUT2D eigenvalue weighted by Crippen LogP contribution is 2.33. The van der Waals surface area contributed by atoms with Crippen LogP contribution < -0.4 is 20.7 Å². The molecule has 36 heavy (non-hydrogen) atoms. The summed E-state index contributed by atoms with van der Waals surface area (Å²) in [7, 11) is 1.46. The van der Waals surface area contributed by atoms with Gasteiger partial charge in [-0.15, -0.1) is 0 Å². The van der Waals surface area contributed by atoms with Crippen molar-refractivity contribution in [3.8, 4) is 22.6 Å². The Labute approximate surface area is 201 Å². The molecule has 0 aliphatic carbocycles. The van der Waals surface area contributed by atoms with Crippen LogP contribution in [0.1, 0.15) is 11.1 Å². The zero-order chi connectivity index (χ0) is 25.4. The fourth-order valence-corrected chi connectivity index (χ4v) is 3.93. The maximum Gasteiger partial charge on any atom is 0.416 e. The van der Waals surface area contributed by atoms with Crippen molar-refractivity contribution >= 4 is 21.9 Å². The van der Waals surface area contributed by atoms with Gasteiger partial charge in [-0.1, -0.05) is 24.3 Å². The number of hydrogen-bond donors (Lipinski definition) is 0. The van der Waals surface area contributed by atoms with Crippen LogP contribution in [-0.4, -0.2) is 7.11 Å².